The van der Waals surface area contributed by atoms with Crippen LogP contribution in [0.1, 0.15) is 41.5 Å². The molecule has 0 aliphatic carbocycles. The zero-order chi connectivity index (χ0) is 14.7. The first-order chi connectivity index (χ1) is 8.58. The van der Waals surface area contributed by atoms with Crippen LogP contribution in [0, 0.1) is 10.8 Å². The molecule has 0 bridgehead atoms. The van der Waals surface area contributed by atoms with Gasteiger partial charge in [0.05, 0.1) is 0 Å². The highest BCUT2D eigenvalue weighted by atomic mass is 15.3. The topological polar surface area (TPSA) is 18.5 Å². The third-order valence-electron chi connectivity index (χ3n) is 3.96. The lowest BCUT2D eigenvalue weighted by Crippen LogP contribution is -2.54. The molecule has 1 saturated heterocycles. The van der Waals surface area contributed by atoms with Gasteiger partial charge in [-0.3, -0.25) is 4.90 Å². The van der Waals surface area contributed by atoms with Gasteiger partial charge in [0.25, 0.3) is 0 Å². The smallest absolute Gasteiger partial charge is 0.0243 e. The summed E-state index contributed by atoms with van der Waals surface area (Å²) >= 11 is 0. The minimum absolute atomic E-state index is 0.314. The zero-order valence-electron chi connectivity index (χ0n) is 14.2. The van der Waals surface area contributed by atoms with E-state index in [1.54, 1.807) is 0 Å². The van der Waals surface area contributed by atoms with Crippen LogP contribution in [-0.4, -0.2) is 62.2 Å². The molecule has 0 unspecified atom stereocenters. The Balaban J connectivity index is 2.50. The summed E-state index contributed by atoms with van der Waals surface area (Å²) in [5, 5.41) is 3.80. The van der Waals surface area contributed by atoms with E-state index >= 15 is 0 Å². The molecule has 1 N–H and O–H groups in total. The van der Waals surface area contributed by atoms with Crippen molar-refractivity contribution in [2.24, 2.45) is 10.8 Å². The summed E-state index contributed by atoms with van der Waals surface area (Å²) in [6.45, 7) is 21.0. The van der Waals surface area contributed by atoms with Crippen LogP contribution < -0.4 is 5.32 Å². The molecule has 0 aromatic heterocycles. The number of piperazine rings is 1. The lowest BCUT2D eigenvalue weighted by atomic mass is 9.85. The minimum Gasteiger partial charge on any atom is -0.312 e. The molecule has 3 nitrogen and oxygen atoms in total. The molecule has 1 aliphatic rings. The number of hydrogen-bond donors (Lipinski definition) is 1. The fourth-order valence-electron chi connectivity index (χ4n) is 2.36. The fraction of sp³-hybridized carbons (Fsp3) is 1.00. The molecule has 0 aromatic carbocycles. The number of nitrogens with zero attached hydrogens (tertiary/aromatic N) is 2. The second-order valence-electron chi connectivity index (χ2n) is 8.46. The van der Waals surface area contributed by atoms with Crippen molar-refractivity contribution in [3.8, 4) is 0 Å². The van der Waals surface area contributed by atoms with Gasteiger partial charge in [0.1, 0.15) is 0 Å². The van der Waals surface area contributed by atoms with Crippen molar-refractivity contribution >= 4 is 0 Å². The van der Waals surface area contributed by atoms with Crippen molar-refractivity contribution in [3.05, 3.63) is 0 Å². The minimum atomic E-state index is 0.314. The van der Waals surface area contributed by atoms with Gasteiger partial charge in [0.15, 0.2) is 0 Å². The van der Waals surface area contributed by atoms with E-state index in [0.717, 1.165) is 6.54 Å². The summed E-state index contributed by atoms with van der Waals surface area (Å²) in [6.07, 6.45) is 0. The summed E-state index contributed by atoms with van der Waals surface area (Å²) < 4.78 is 0. The number of nitrogens with one attached hydrogen (secondary N) is 1. The lowest BCUT2D eigenvalue weighted by molar-refractivity contribution is 0.112. The summed E-state index contributed by atoms with van der Waals surface area (Å²) in [5.74, 6) is 0. The van der Waals surface area contributed by atoms with Crippen molar-refractivity contribution in [3.63, 3.8) is 0 Å². The van der Waals surface area contributed by atoms with Crippen LogP contribution in [-0.2, 0) is 0 Å². The van der Waals surface area contributed by atoms with Gasteiger partial charge in [0, 0.05) is 45.3 Å². The van der Waals surface area contributed by atoms with Gasteiger partial charge in [-0.25, -0.2) is 0 Å². The van der Waals surface area contributed by atoms with Crippen LogP contribution in [0.15, 0.2) is 0 Å². The number of hydrogen-bond acceptors (Lipinski definition) is 3. The highest BCUT2D eigenvalue weighted by molar-refractivity contribution is 4.86. The average Bonchev–Trinajstić information content (AvgIpc) is 2.23. The molecule has 1 rings (SSSR count). The predicted molar refractivity (Wildman–Crippen MR) is 84.6 cm³/mol. The van der Waals surface area contributed by atoms with E-state index in [1.165, 1.54) is 32.7 Å². The molecule has 0 amide bonds. The largest absolute Gasteiger partial charge is 0.312 e. The first-order valence-electron chi connectivity index (χ1n) is 7.72. The maximum atomic E-state index is 3.80. The monoisotopic (exact) mass is 269 g/mol. The predicted octanol–water partition coefficient (Wildman–Crippen LogP) is 2.28. The van der Waals surface area contributed by atoms with E-state index in [-0.39, 0.29) is 0 Å². The van der Waals surface area contributed by atoms with Crippen LogP contribution in [0.3, 0.4) is 0 Å². The molecule has 0 spiro atoms. The average molecular weight is 269 g/mol. The van der Waals surface area contributed by atoms with Gasteiger partial charge in [-0.15, -0.1) is 0 Å². The van der Waals surface area contributed by atoms with Gasteiger partial charge in [-0.1, -0.05) is 41.5 Å². The SMILES string of the molecule is CN1CCN(C[C@@H](NCC(C)(C)C)C(C)(C)C)CC1. The Kier molecular flexibility index (Phi) is 5.84. The van der Waals surface area contributed by atoms with E-state index in [1.807, 2.05) is 0 Å². The summed E-state index contributed by atoms with van der Waals surface area (Å²) in [5.41, 5.74) is 0.667. The zero-order valence-corrected chi connectivity index (χ0v) is 14.2. The summed E-state index contributed by atoms with van der Waals surface area (Å²) in [4.78, 5) is 5.04. The van der Waals surface area contributed by atoms with Crippen LogP contribution in [0.2, 0.25) is 0 Å². The Morgan fingerprint density at radius 1 is 0.947 bits per heavy atom. The maximum absolute atomic E-state index is 3.80. The number of rotatable bonds is 4. The molecule has 0 aromatic rings. The van der Waals surface area contributed by atoms with Gasteiger partial charge >= 0.3 is 0 Å². The van der Waals surface area contributed by atoms with Crippen molar-refractivity contribution in [1.82, 2.24) is 15.1 Å². The van der Waals surface area contributed by atoms with Gasteiger partial charge in [-0.05, 0) is 17.9 Å². The van der Waals surface area contributed by atoms with Crippen molar-refractivity contribution in [1.29, 1.82) is 0 Å². The standard InChI is InChI=1S/C16H35N3/c1-15(2,3)13-17-14(16(4,5)6)12-19-10-8-18(7)9-11-19/h14,17H,8-13H2,1-7H3/t14-/m1/s1. The Hall–Kier alpha value is -0.120. The summed E-state index contributed by atoms with van der Waals surface area (Å²) in [7, 11) is 2.22. The summed E-state index contributed by atoms with van der Waals surface area (Å²) in [6, 6.07) is 0.565. The molecule has 1 fully saturated rings. The Morgan fingerprint density at radius 2 is 1.47 bits per heavy atom. The van der Waals surface area contributed by atoms with Gasteiger partial charge < -0.3 is 10.2 Å². The quantitative estimate of drug-likeness (QED) is 0.845. The molecule has 114 valence electrons. The normalized spacial score (nSPS) is 21.6. The van der Waals surface area contributed by atoms with E-state index in [0.29, 0.717) is 16.9 Å². The second kappa shape index (κ2) is 6.55. The molecule has 3 heteroatoms. The van der Waals surface area contributed by atoms with E-state index in [2.05, 4.69) is 63.7 Å². The van der Waals surface area contributed by atoms with Crippen LogP contribution in [0.5, 0.6) is 0 Å². The third-order valence-corrected chi connectivity index (χ3v) is 3.96. The molecule has 1 heterocycles. The molecule has 1 aliphatic heterocycles. The molecule has 0 saturated carbocycles. The van der Waals surface area contributed by atoms with Crippen molar-refractivity contribution in [2.75, 3.05) is 46.3 Å². The van der Waals surface area contributed by atoms with Crippen LogP contribution in [0.4, 0.5) is 0 Å². The van der Waals surface area contributed by atoms with E-state index in [4.69, 9.17) is 0 Å². The Morgan fingerprint density at radius 3 is 1.89 bits per heavy atom. The molecular formula is C16H35N3. The highest BCUT2D eigenvalue weighted by Crippen LogP contribution is 2.22. The maximum Gasteiger partial charge on any atom is 0.0243 e. The second-order valence-corrected chi connectivity index (χ2v) is 8.46. The first kappa shape index (κ1) is 16.9. The molecular weight excluding hydrogens is 234 g/mol. The van der Waals surface area contributed by atoms with Gasteiger partial charge in [0.2, 0.25) is 0 Å². The first-order valence-corrected chi connectivity index (χ1v) is 7.72. The Bertz CT molecular complexity index is 254. The molecule has 19 heavy (non-hydrogen) atoms. The van der Waals surface area contributed by atoms with E-state index in [9.17, 15) is 0 Å². The fourth-order valence-corrected chi connectivity index (χ4v) is 2.36. The molecule has 1 atom stereocenters. The van der Waals surface area contributed by atoms with Gasteiger partial charge in [-0.2, -0.15) is 0 Å². The van der Waals surface area contributed by atoms with Crippen LogP contribution in [0.25, 0.3) is 0 Å². The van der Waals surface area contributed by atoms with E-state index < -0.39 is 0 Å². The number of likely N-dealkylation sites (N-methyl/N-ethyl adjacent to an activating group) is 1. The lowest BCUT2D eigenvalue weighted by Gasteiger charge is -2.40. The van der Waals surface area contributed by atoms with Crippen molar-refractivity contribution < 1.29 is 0 Å². The Labute approximate surface area is 120 Å². The highest BCUT2D eigenvalue weighted by Gasteiger charge is 2.28. The molecule has 0 radical (unpaired) electrons. The van der Waals surface area contributed by atoms with Crippen molar-refractivity contribution in [2.45, 2.75) is 47.6 Å². The third kappa shape index (κ3) is 6.73. The van der Waals surface area contributed by atoms with Crippen LogP contribution >= 0.6 is 0 Å².